The Labute approximate surface area is 155 Å². The molecule has 0 saturated carbocycles. The topological polar surface area (TPSA) is 67.8 Å². The van der Waals surface area contributed by atoms with Crippen LogP contribution >= 0.6 is 23.4 Å². The van der Waals surface area contributed by atoms with Gasteiger partial charge in [-0.3, -0.25) is 10.1 Å². The van der Waals surface area contributed by atoms with Gasteiger partial charge in [0.05, 0.1) is 17.5 Å². The lowest BCUT2D eigenvalue weighted by atomic mass is 10.1. The number of aliphatic carboxylic acids is 1. The van der Waals surface area contributed by atoms with E-state index in [1.807, 2.05) is 36.4 Å². The molecule has 7 heteroatoms. The molecule has 0 unspecified atom stereocenters. The Morgan fingerprint density at radius 2 is 2.12 bits per heavy atom. The number of hydrogen-bond acceptors (Lipinski definition) is 5. The molecule has 2 aromatic carbocycles. The lowest BCUT2D eigenvalue weighted by Gasteiger charge is -2.16. The third-order valence-corrected chi connectivity index (χ3v) is 5.49. The number of thioether (sulfide) groups is 1. The number of carbonyl (C=O) groups is 1. The second-order valence-corrected chi connectivity index (χ2v) is 7.11. The fraction of sp³-hybridized carbons (Fsp3) is 0.278. The van der Waals surface area contributed by atoms with Crippen LogP contribution < -0.4 is 14.8 Å². The van der Waals surface area contributed by atoms with E-state index in [1.165, 1.54) is 0 Å². The number of ether oxygens (including phenoxy) is 2. The highest BCUT2D eigenvalue weighted by atomic mass is 35.5. The van der Waals surface area contributed by atoms with Crippen molar-refractivity contribution in [2.45, 2.75) is 18.0 Å². The number of benzene rings is 2. The maximum atomic E-state index is 11.1. The molecule has 2 N–H and O–H groups in total. The molecule has 2 atom stereocenters. The quantitative estimate of drug-likeness (QED) is 0.797. The zero-order valence-corrected chi connectivity index (χ0v) is 15.1. The molecule has 1 fully saturated rings. The maximum absolute atomic E-state index is 11.1. The zero-order valence-electron chi connectivity index (χ0n) is 13.6. The van der Waals surface area contributed by atoms with E-state index in [2.05, 4.69) is 5.32 Å². The molecule has 0 radical (unpaired) electrons. The Balaban J connectivity index is 1.76. The summed E-state index contributed by atoms with van der Waals surface area (Å²) in [5, 5.41) is 12.7. The summed E-state index contributed by atoms with van der Waals surface area (Å²) < 4.78 is 11.2. The molecule has 0 spiro atoms. The van der Waals surface area contributed by atoms with E-state index in [-0.39, 0.29) is 5.37 Å². The minimum absolute atomic E-state index is 0.0638. The van der Waals surface area contributed by atoms with Crippen LogP contribution in [0.15, 0.2) is 42.5 Å². The van der Waals surface area contributed by atoms with Crippen LogP contribution in [0, 0.1) is 0 Å². The van der Waals surface area contributed by atoms with Crippen LogP contribution in [0.1, 0.15) is 16.5 Å². The van der Waals surface area contributed by atoms with Crippen molar-refractivity contribution < 1.29 is 19.4 Å². The summed E-state index contributed by atoms with van der Waals surface area (Å²) in [6.07, 6.45) is 0. The summed E-state index contributed by atoms with van der Waals surface area (Å²) in [7, 11) is 1.61. The Hall–Kier alpha value is -1.89. The predicted octanol–water partition coefficient (Wildman–Crippen LogP) is 3.72. The second-order valence-electron chi connectivity index (χ2n) is 5.56. The lowest BCUT2D eigenvalue weighted by Crippen LogP contribution is -2.33. The minimum atomic E-state index is -0.828. The number of para-hydroxylation sites is 1. The van der Waals surface area contributed by atoms with Gasteiger partial charge in [-0.15, -0.1) is 11.8 Å². The van der Waals surface area contributed by atoms with Gasteiger partial charge in [-0.1, -0.05) is 29.8 Å². The van der Waals surface area contributed by atoms with Crippen LogP contribution in [0.3, 0.4) is 0 Å². The molecular formula is C18H18ClNO4S. The van der Waals surface area contributed by atoms with Gasteiger partial charge in [-0.05, 0) is 29.8 Å². The summed E-state index contributed by atoms with van der Waals surface area (Å²) in [4.78, 5) is 11.1. The van der Waals surface area contributed by atoms with E-state index in [4.69, 9.17) is 26.2 Å². The molecule has 1 aliphatic heterocycles. The molecular weight excluding hydrogens is 362 g/mol. The number of carboxylic acids is 1. The number of halogens is 1. The molecule has 0 bridgehead atoms. The van der Waals surface area contributed by atoms with E-state index >= 15 is 0 Å². The van der Waals surface area contributed by atoms with Gasteiger partial charge in [-0.25, -0.2) is 0 Å². The molecule has 0 aliphatic carbocycles. The summed E-state index contributed by atoms with van der Waals surface area (Å²) in [5.74, 6) is 1.03. The van der Waals surface area contributed by atoms with Crippen LogP contribution in [0.2, 0.25) is 5.02 Å². The van der Waals surface area contributed by atoms with Gasteiger partial charge in [0.1, 0.15) is 24.1 Å². The van der Waals surface area contributed by atoms with Crippen molar-refractivity contribution in [1.29, 1.82) is 0 Å². The molecule has 0 amide bonds. The number of carboxylic acid groups (broad SMARTS) is 1. The molecule has 25 heavy (non-hydrogen) atoms. The first-order valence-corrected chi connectivity index (χ1v) is 9.15. The number of hydrogen-bond donors (Lipinski definition) is 2. The predicted molar refractivity (Wildman–Crippen MR) is 98.5 cm³/mol. The van der Waals surface area contributed by atoms with Gasteiger partial charge in [0, 0.05) is 11.3 Å². The van der Waals surface area contributed by atoms with Gasteiger partial charge >= 0.3 is 5.97 Å². The Morgan fingerprint density at radius 3 is 2.80 bits per heavy atom. The van der Waals surface area contributed by atoms with Gasteiger partial charge in [0.15, 0.2) is 0 Å². The fourth-order valence-corrected chi connectivity index (χ4v) is 4.01. The Bertz CT molecular complexity index is 770. The van der Waals surface area contributed by atoms with Crippen molar-refractivity contribution in [3.05, 3.63) is 58.6 Å². The molecule has 1 aliphatic rings. The Morgan fingerprint density at radius 1 is 1.32 bits per heavy atom. The molecule has 3 rings (SSSR count). The molecule has 2 aromatic rings. The highest BCUT2D eigenvalue weighted by molar-refractivity contribution is 7.99. The normalized spacial score (nSPS) is 19.6. The standard InChI is InChI=1S/C18H18ClNO4S/c1-23-15-7-6-11(17-20-14(10-25-17)18(21)22)8-12(15)9-24-16-5-3-2-4-13(16)19/h2-8,14,17,20H,9-10H2,1H3,(H,21,22)/t14-,17+/m1/s1. The van der Waals surface area contributed by atoms with Gasteiger partial charge in [0.2, 0.25) is 0 Å². The molecule has 1 heterocycles. The van der Waals surface area contributed by atoms with E-state index in [0.29, 0.717) is 28.9 Å². The largest absolute Gasteiger partial charge is 0.496 e. The van der Waals surface area contributed by atoms with Crippen molar-refractivity contribution in [3.8, 4) is 11.5 Å². The molecule has 0 aromatic heterocycles. The smallest absolute Gasteiger partial charge is 0.321 e. The van der Waals surface area contributed by atoms with Gasteiger partial charge in [0.25, 0.3) is 0 Å². The van der Waals surface area contributed by atoms with Gasteiger partial charge in [-0.2, -0.15) is 0 Å². The minimum Gasteiger partial charge on any atom is -0.496 e. The third-order valence-electron chi connectivity index (χ3n) is 3.91. The van der Waals surface area contributed by atoms with Crippen LogP contribution in [-0.2, 0) is 11.4 Å². The highest BCUT2D eigenvalue weighted by Crippen LogP contribution is 2.35. The summed E-state index contributed by atoms with van der Waals surface area (Å²) in [6.45, 7) is 0.306. The van der Waals surface area contributed by atoms with Crippen LogP contribution in [0.25, 0.3) is 0 Å². The summed E-state index contributed by atoms with van der Waals surface area (Å²) >= 11 is 7.70. The molecule has 132 valence electrons. The summed E-state index contributed by atoms with van der Waals surface area (Å²) in [6, 6.07) is 12.5. The number of rotatable bonds is 6. The monoisotopic (exact) mass is 379 g/mol. The van der Waals surface area contributed by atoms with E-state index in [0.717, 1.165) is 11.1 Å². The van der Waals surface area contributed by atoms with Crippen LogP contribution in [0.4, 0.5) is 0 Å². The number of methoxy groups -OCH3 is 1. The SMILES string of the molecule is COc1ccc([C@H]2N[C@@H](C(=O)O)CS2)cc1COc1ccccc1Cl. The van der Waals surface area contributed by atoms with Crippen molar-refractivity contribution in [1.82, 2.24) is 5.32 Å². The van der Waals surface area contributed by atoms with E-state index in [9.17, 15) is 4.79 Å². The van der Waals surface area contributed by atoms with E-state index < -0.39 is 12.0 Å². The maximum Gasteiger partial charge on any atom is 0.321 e. The zero-order chi connectivity index (χ0) is 17.8. The summed E-state index contributed by atoms with van der Waals surface area (Å²) in [5.41, 5.74) is 1.87. The van der Waals surface area contributed by atoms with Crippen LogP contribution in [0.5, 0.6) is 11.5 Å². The van der Waals surface area contributed by atoms with Crippen LogP contribution in [-0.4, -0.2) is 30.0 Å². The fourth-order valence-electron chi connectivity index (χ4n) is 2.60. The molecule has 1 saturated heterocycles. The van der Waals surface area contributed by atoms with Crippen molar-refractivity contribution in [2.75, 3.05) is 12.9 Å². The van der Waals surface area contributed by atoms with E-state index in [1.54, 1.807) is 24.9 Å². The van der Waals surface area contributed by atoms with Crippen molar-refractivity contribution >= 4 is 29.3 Å². The first-order chi connectivity index (χ1) is 12.1. The lowest BCUT2D eigenvalue weighted by molar-refractivity contribution is -0.138. The average molecular weight is 380 g/mol. The number of nitrogens with one attached hydrogen (secondary N) is 1. The Kier molecular flexibility index (Phi) is 5.73. The third kappa shape index (κ3) is 4.21. The first kappa shape index (κ1) is 17.9. The first-order valence-electron chi connectivity index (χ1n) is 7.73. The average Bonchev–Trinajstić information content (AvgIpc) is 3.11. The van der Waals surface area contributed by atoms with Crippen molar-refractivity contribution in [3.63, 3.8) is 0 Å². The van der Waals surface area contributed by atoms with Gasteiger partial charge < -0.3 is 14.6 Å². The molecule has 5 nitrogen and oxygen atoms in total. The second kappa shape index (κ2) is 7.99. The highest BCUT2D eigenvalue weighted by Gasteiger charge is 2.30. The van der Waals surface area contributed by atoms with Crippen molar-refractivity contribution in [2.24, 2.45) is 0 Å².